The minimum absolute atomic E-state index is 0.167. The first-order chi connectivity index (χ1) is 55.8. The number of carbonyl (C=O) groups is 17. The van der Waals surface area contributed by atoms with Crippen LogP contribution in [0.1, 0.15) is 112 Å². The molecule has 0 aliphatic carbocycles. The van der Waals surface area contributed by atoms with Crippen LogP contribution < -0.4 is 73.9 Å². The van der Waals surface area contributed by atoms with Gasteiger partial charge in [-0.3, -0.25) is 76.7 Å². The molecule has 3 aromatic carbocycles. The number of carboxylic acids is 3. The van der Waals surface area contributed by atoms with E-state index in [-0.39, 0.29) is 30.9 Å². The Bertz CT molecular complexity index is 4540. The van der Waals surface area contributed by atoms with Gasteiger partial charge in [-0.1, -0.05) is 77.9 Å². The predicted molar refractivity (Wildman–Crippen MR) is 419 cm³/mol. The molecule has 650 valence electrons. The quantitative estimate of drug-likeness (QED) is 0.00537. The SMILES string of the molecule is CC(=O)NC(O)(CC(=O)O)C(=O)N[C@@H](CS)C(=O)N[C@@H](C)C(=O)N[C@@H](Cc1c[nH]c2ccccc12)C(=O)N[C@@H](CC(=O)Oc1c(F)c(F)cc(F)c1F)C(=O)N[C@@H](CC(C)C)C(=O)NCC(=O)N[C@@H](CCC(=O)O)C(=O)N[C@@H](CC(C)C)C(=O)N[C@H](C(=O)N[C@@H](Cc1c[nH]c2ccccc12)C(=O)N[C@@H](CS)C(=O)N[C@H](C(=O)O)[C@@H](C)O)C(C)C. The Hall–Kier alpha value is -11.9. The second kappa shape index (κ2) is 45.1. The zero-order valence-corrected chi connectivity index (χ0v) is 67.6. The lowest BCUT2D eigenvalue weighted by Gasteiger charge is -2.29. The number of carbonyl (C=O) groups excluding carboxylic acids is 14. The zero-order chi connectivity index (χ0) is 89.2. The number of esters is 1. The summed E-state index contributed by atoms with van der Waals surface area (Å²) in [6, 6.07) is -6.12. The minimum atomic E-state index is -3.10. The molecule has 0 aliphatic heterocycles. The molecular weight excluding hydrogens is 1620 g/mol. The van der Waals surface area contributed by atoms with Crippen molar-refractivity contribution in [2.24, 2.45) is 17.8 Å². The number of hydrogen-bond donors (Lipinski definition) is 22. The Morgan fingerprint density at radius 3 is 1.39 bits per heavy atom. The average Bonchev–Trinajstić information content (AvgIpc) is 1.73. The molecule has 13 atom stereocenters. The maximum Gasteiger partial charge on any atom is 0.328 e. The van der Waals surface area contributed by atoms with Gasteiger partial charge in [0.2, 0.25) is 94.0 Å². The Morgan fingerprint density at radius 2 is 0.924 bits per heavy atom. The number of aliphatic carboxylic acids is 3. The van der Waals surface area contributed by atoms with E-state index in [9.17, 15) is 116 Å². The van der Waals surface area contributed by atoms with Crippen molar-refractivity contribution < 1.29 is 129 Å². The van der Waals surface area contributed by atoms with Crippen molar-refractivity contribution in [3.63, 3.8) is 0 Å². The largest absolute Gasteiger partial charge is 0.481 e. The number of hydrogen-bond acceptors (Lipinski definition) is 22. The lowest BCUT2D eigenvalue weighted by atomic mass is 9.98. The van der Waals surface area contributed by atoms with Crippen molar-refractivity contribution in [1.29, 1.82) is 0 Å². The first kappa shape index (κ1) is 97.6. The Kier molecular flexibility index (Phi) is 37.0. The first-order valence-electron chi connectivity index (χ1n) is 37.1. The van der Waals surface area contributed by atoms with Crippen LogP contribution in [0.2, 0.25) is 0 Å². The van der Waals surface area contributed by atoms with Crippen molar-refractivity contribution in [1.82, 2.24) is 79.1 Å². The highest BCUT2D eigenvalue weighted by Gasteiger charge is 2.43. The molecule has 0 fully saturated rings. The van der Waals surface area contributed by atoms with Crippen LogP contribution in [0.3, 0.4) is 0 Å². The number of amides is 13. The van der Waals surface area contributed by atoms with Gasteiger partial charge < -0.3 is 109 Å². The number of carboxylic acid groups (broad SMARTS) is 3. The van der Waals surface area contributed by atoms with Gasteiger partial charge in [-0.25, -0.2) is 13.6 Å². The van der Waals surface area contributed by atoms with E-state index < -0.39 is 276 Å². The molecule has 38 nitrogen and oxygen atoms in total. The summed E-state index contributed by atoms with van der Waals surface area (Å²) in [6.45, 7) is 11.4. The lowest BCUT2D eigenvalue weighted by molar-refractivity contribution is -0.159. The van der Waals surface area contributed by atoms with Crippen LogP contribution in [0.15, 0.2) is 67.0 Å². The summed E-state index contributed by atoms with van der Waals surface area (Å²) in [7, 11) is 0. The topological polar surface area (TPSA) is 589 Å². The number of thiol groups is 2. The summed E-state index contributed by atoms with van der Waals surface area (Å²) in [5.74, 6) is -35.4. The minimum Gasteiger partial charge on any atom is -0.481 e. The van der Waals surface area contributed by atoms with Gasteiger partial charge in [0.1, 0.15) is 66.8 Å². The average molecular weight is 1720 g/mol. The number of nitrogens with one attached hydrogen (secondary N) is 15. The third-order valence-corrected chi connectivity index (χ3v) is 18.7. The molecule has 0 spiro atoms. The van der Waals surface area contributed by atoms with Gasteiger partial charge in [-0.05, 0) is 74.1 Å². The van der Waals surface area contributed by atoms with Crippen molar-refractivity contribution in [2.45, 2.75) is 192 Å². The summed E-state index contributed by atoms with van der Waals surface area (Å²) < 4.78 is 63.6. The van der Waals surface area contributed by atoms with E-state index >= 15 is 8.78 Å². The highest BCUT2D eigenvalue weighted by molar-refractivity contribution is 7.80. The van der Waals surface area contributed by atoms with E-state index in [0.29, 0.717) is 27.4 Å². The monoisotopic (exact) mass is 1720 g/mol. The number of halogens is 4. The van der Waals surface area contributed by atoms with E-state index in [4.69, 9.17) is 0 Å². The van der Waals surface area contributed by atoms with Gasteiger partial charge in [0.15, 0.2) is 17.7 Å². The lowest BCUT2D eigenvalue weighted by Crippen LogP contribution is -2.63. The molecule has 5 rings (SSSR count). The summed E-state index contributed by atoms with van der Waals surface area (Å²) in [5.41, 5.74) is -1.18. The normalized spacial score (nSPS) is 14.9. The smallest absolute Gasteiger partial charge is 0.328 e. The molecule has 20 N–H and O–H groups in total. The molecule has 2 aromatic heterocycles. The number of fused-ring (bicyclic) bond motifs is 2. The standard InChI is InChI=1S/C75H97F4N15O23S2/c1-32(2)20-47(86-68(108)51(25-57(102)117-62-58(78)42(76)24-43(77)59(62)79)88-66(106)49(22-38-27-80-44-16-12-10-14-40(38)44)85-63(103)35(7)83-70(110)53(31-119)91-74(115)75(116,26-56(100)101)94-37(9)96)64(104)82-29-54(97)84-46(18-19-55(98)99)65(105)87-48(21-33(3)4)69(109)92-60(34(5)6)72(112)89-50(23-39-28-81-45-17-13-11-15-41(39)45)67(107)90-52(30-118)71(111)93-61(36(8)95)73(113)114/h10-17,24,27-28,32-36,46-53,60-61,80-81,95,116,118-119H,18-23,25-26,29-31H2,1-9H3,(H,82,104)(H,83,110)(H,84,97)(H,85,103)(H,86,108)(H,87,105)(H,88,106)(H,89,112)(H,90,107)(H,91,115)(H,92,109)(H,93,111)(H,94,96)(H,98,99)(H,100,101)(H,113,114)/t35-,36+,46-,47-,48-,49-,50-,51-,52-,53-,60-,61-,75?/m0/s1. The summed E-state index contributed by atoms with van der Waals surface area (Å²) >= 11 is 8.19. The van der Waals surface area contributed by atoms with Gasteiger partial charge >= 0.3 is 23.9 Å². The van der Waals surface area contributed by atoms with Crippen LogP contribution in [0.4, 0.5) is 17.6 Å². The molecule has 0 bridgehead atoms. The molecule has 0 aliphatic rings. The van der Waals surface area contributed by atoms with E-state index in [0.717, 1.165) is 20.8 Å². The zero-order valence-electron chi connectivity index (χ0n) is 65.8. The molecule has 1 unspecified atom stereocenters. The molecule has 0 saturated carbocycles. The molecule has 5 aromatic rings. The van der Waals surface area contributed by atoms with Crippen LogP contribution >= 0.6 is 25.3 Å². The maximum absolute atomic E-state index is 15.0. The third kappa shape index (κ3) is 29.3. The van der Waals surface area contributed by atoms with Crippen LogP contribution in [0.5, 0.6) is 5.75 Å². The molecule has 2 heterocycles. The van der Waals surface area contributed by atoms with E-state index in [2.05, 4.69) is 98.4 Å². The maximum atomic E-state index is 15.0. The predicted octanol–water partition coefficient (Wildman–Crippen LogP) is -1.31. The highest BCUT2D eigenvalue weighted by atomic mass is 32.1. The number of para-hydroxylation sites is 2. The van der Waals surface area contributed by atoms with E-state index in [1.807, 2.05) is 5.32 Å². The Morgan fingerprint density at radius 1 is 0.496 bits per heavy atom. The van der Waals surface area contributed by atoms with Crippen LogP contribution in [0.25, 0.3) is 21.8 Å². The fourth-order valence-electron chi connectivity index (χ4n) is 11.9. The molecule has 0 radical (unpaired) electrons. The first-order valence-corrected chi connectivity index (χ1v) is 38.4. The number of aromatic nitrogens is 2. The van der Waals surface area contributed by atoms with Crippen molar-refractivity contribution in [3.8, 4) is 5.75 Å². The van der Waals surface area contributed by atoms with Gasteiger partial charge in [-0.15, -0.1) is 0 Å². The van der Waals surface area contributed by atoms with Gasteiger partial charge in [0, 0.05) is 78.0 Å². The van der Waals surface area contributed by atoms with Crippen molar-refractivity contribution in [3.05, 3.63) is 101 Å². The summed E-state index contributed by atoms with van der Waals surface area (Å²) in [4.78, 5) is 236. The number of ether oxygens (including phenoxy) is 1. The van der Waals surface area contributed by atoms with Crippen LogP contribution in [0, 0.1) is 41.0 Å². The Balaban J connectivity index is 1.40. The number of rotatable bonds is 46. The number of aromatic amines is 2. The molecule has 119 heavy (non-hydrogen) atoms. The fraction of sp³-hybridized carbons (Fsp3) is 0.480. The second-order valence-corrected chi connectivity index (χ2v) is 29.8. The third-order valence-electron chi connectivity index (χ3n) is 18.0. The van der Waals surface area contributed by atoms with Crippen LogP contribution in [-0.4, -0.2) is 233 Å². The highest BCUT2D eigenvalue weighted by Crippen LogP contribution is 2.28. The summed E-state index contributed by atoms with van der Waals surface area (Å²) in [6.07, 6.45) is -4.22. The summed E-state index contributed by atoms with van der Waals surface area (Å²) in [5, 5.41) is 80.3. The van der Waals surface area contributed by atoms with Crippen LogP contribution in [-0.2, 0) is 94.3 Å². The number of aliphatic hydroxyl groups excluding tert-OH is 1. The van der Waals surface area contributed by atoms with Crippen molar-refractivity contribution in [2.75, 3.05) is 18.1 Å². The number of aliphatic hydroxyl groups is 2. The second-order valence-electron chi connectivity index (χ2n) is 29.0. The molecule has 0 saturated heterocycles. The number of H-pyrrole nitrogens is 2. The molecule has 44 heteroatoms. The fourth-order valence-corrected chi connectivity index (χ4v) is 12.4. The molecular formula is C75H97F4N15O23S2. The van der Waals surface area contributed by atoms with E-state index in [1.165, 1.54) is 20.0 Å². The van der Waals surface area contributed by atoms with Crippen molar-refractivity contribution >= 4 is 148 Å². The Labute approximate surface area is 688 Å². The number of benzene rings is 3. The van der Waals surface area contributed by atoms with E-state index in [1.54, 1.807) is 87.7 Å². The van der Waals surface area contributed by atoms with Gasteiger partial charge in [0.25, 0.3) is 5.91 Å². The molecule has 13 amide bonds. The van der Waals surface area contributed by atoms with Gasteiger partial charge in [-0.2, -0.15) is 34.0 Å². The van der Waals surface area contributed by atoms with Gasteiger partial charge in [0.05, 0.1) is 19.1 Å².